The molecule has 118 valence electrons. The lowest BCUT2D eigenvalue weighted by Gasteiger charge is -2.23. The molecule has 0 amide bonds. The van der Waals surface area contributed by atoms with Crippen molar-refractivity contribution in [2.45, 2.75) is 38.1 Å². The molecule has 1 N–H and O–H groups in total. The second-order valence-electron chi connectivity index (χ2n) is 6.11. The van der Waals surface area contributed by atoms with E-state index in [0.717, 1.165) is 22.6 Å². The number of anilines is 1. The molecule has 1 aromatic carbocycles. The molecule has 0 aliphatic heterocycles. The highest BCUT2D eigenvalue weighted by Gasteiger charge is 2.16. The molecule has 3 aromatic rings. The number of fused-ring (bicyclic) bond motifs is 1. The van der Waals surface area contributed by atoms with E-state index < -0.39 is 0 Å². The Kier molecular flexibility index (Phi) is 3.69. The largest absolute Gasteiger partial charge is 0.367 e. The number of benzene rings is 1. The van der Waals surface area contributed by atoms with Crippen molar-refractivity contribution in [1.29, 1.82) is 0 Å². The van der Waals surface area contributed by atoms with E-state index in [4.69, 9.17) is 0 Å². The van der Waals surface area contributed by atoms with Crippen LogP contribution in [0.4, 0.5) is 10.2 Å². The quantitative estimate of drug-likeness (QED) is 0.785. The molecular weight excluding hydrogens is 291 g/mol. The fourth-order valence-corrected chi connectivity index (χ4v) is 3.29. The first kappa shape index (κ1) is 14.2. The summed E-state index contributed by atoms with van der Waals surface area (Å²) in [5, 5.41) is 8.08. The van der Waals surface area contributed by atoms with Gasteiger partial charge in [0.1, 0.15) is 11.6 Å². The fourth-order valence-electron chi connectivity index (χ4n) is 3.29. The molecule has 1 saturated carbocycles. The van der Waals surface area contributed by atoms with Crippen LogP contribution in [0.25, 0.3) is 16.8 Å². The molecule has 1 aliphatic rings. The van der Waals surface area contributed by atoms with Gasteiger partial charge in [-0.15, -0.1) is 0 Å². The lowest BCUT2D eigenvalue weighted by molar-refractivity contribution is 0.461. The summed E-state index contributed by atoms with van der Waals surface area (Å²) in [5.74, 6) is 0.730. The molecule has 0 atom stereocenters. The van der Waals surface area contributed by atoms with Crippen molar-refractivity contribution in [2.24, 2.45) is 0 Å². The van der Waals surface area contributed by atoms with Gasteiger partial charge in [0.15, 0.2) is 5.65 Å². The van der Waals surface area contributed by atoms with Gasteiger partial charge in [0.05, 0.1) is 6.20 Å². The number of aromatic nitrogens is 3. The predicted octanol–water partition coefficient (Wildman–Crippen LogP) is 4.28. The van der Waals surface area contributed by atoms with Crippen LogP contribution >= 0.6 is 0 Å². The summed E-state index contributed by atoms with van der Waals surface area (Å²) in [6.45, 7) is 0. The zero-order valence-electron chi connectivity index (χ0n) is 12.9. The predicted molar refractivity (Wildman–Crippen MR) is 88.9 cm³/mol. The fraction of sp³-hybridized carbons (Fsp3) is 0.333. The molecule has 2 aromatic heterocycles. The Morgan fingerprint density at radius 3 is 2.61 bits per heavy atom. The van der Waals surface area contributed by atoms with E-state index in [-0.39, 0.29) is 5.82 Å². The highest BCUT2D eigenvalue weighted by atomic mass is 19.1. The topological polar surface area (TPSA) is 42.2 Å². The van der Waals surface area contributed by atoms with Crippen molar-refractivity contribution in [3.8, 4) is 11.1 Å². The van der Waals surface area contributed by atoms with Crippen LogP contribution in [0.5, 0.6) is 0 Å². The van der Waals surface area contributed by atoms with Crippen LogP contribution in [0, 0.1) is 5.82 Å². The van der Waals surface area contributed by atoms with Crippen molar-refractivity contribution < 1.29 is 4.39 Å². The Morgan fingerprint density at radius 1 is 1.04 bits per heavy atom. The number of rotatable bonds is 3. The normalized spacial score (nSPS) is 15.9. The molecule has 0 spiro atoms. The van der Waals surface area contributed by atoms with Crippen LogP contribution < -0.4 is 5.32 Å². The van der Waals surface area contributed by atoms with E-state index in [9.17, 15) is 4.39 Å². The lowest BCUT2D eigenvalue weighted by atomic mass is 9.95. The Morgan fingerprint density at radius 2 is 1.83 bits per heavy atom. The van der Waals surface area contributed by atoms with Crippen LogP contribution in [-0.2, 0) is 0 Å². The maximum atomic E-state index is 13.1. The minimum absolute atomic E-state index is 0.238. The third-order valence-corrected chi connectivity index (χ3v) is 4.51. The molecule has 5 heteroatoms. The third-order valence-electron chi connectivity index (χ3n) is 4.51. The Labute approximate surface area is 134 Å². The zero-order valence-corrected chi connectivity index (χ0v) is 12.9. The molecule has 4 nitrogen and oxygen atoms in total. The summed E-state index contributed by atoms with van der Waals surface area (Å²) in [7, 11) is 0. The van der Waals surface area contributed by atoms with E-state index in [1.54, 1.807) is 24.5 Å². The minimum atomic E-state index is -0.238. The highest BCUT2D eigenvalue weighted by Crippen LogP contribution is 2.26. The van der Waals surface area contributed by atoms with Gasteiger partial charge >= 0.3 is 0 Å². The first-order chi connectivity index (χ1) is 11.3. The van der Waals surface area contributed by atoms with Crippen molar-refractivity contribution in [1.82, 2.24) is 14.6 Å². The Hall–Kier alpha value is -2.43. The monoisotopic (exact) mass is 310 g/mol. The summed E-state index contributed by atoms with van der Waals surface area (Å²) in [4.78, 5) is 4.46. The molecular formula is C18H19FN4. The number of halogens is 1. The van der Waals surface area contributed by atoms with Crippen LogP contribution in [0.3, 0.4) is 0 Å². The van der Waals surface area contributed by atoms with Crippen LogP contribution in [0.15, 0.2) is 42.7 Å². The molecule has 23 heavy (non-hydrogen) atoms. The first-order valence-corrected chi connectivity index (χ1v) is 8.16. The van der Waals surface area contributed by atoms with Crippen LogP contribution in [0.1, 0.15) is 32.1 Å². The van der Waals surface area contributed by atoms with Gasteiger partial charge in [0.2, 0.25) is 0 Å². The molecule has 1 fully saturated rings. The zero-order chi connectivity index (χ0) is 15.6. The maximum absolute atomic E-state index is 13.1. The van der Waals surface area contributed by atoms with Gasteiger partial charge in [-0.3, -0.25) is 0 Å². The van der Waals surface area contributed by atoms with Gasteiger partial charge in [-0.05, 0) is 36.6 Å². The standard InChI is InChI=1S/C18H19FN4/c19-14-8-6-13(7-9-14)16-12-21-23-17(10-11-20-18(16)23)22-15-4-2-1-3-5-15/h6-12,15,22H,1-5H2. The van der Waals surface area contributed by atoms with Gasteiger partial charge in [0, 0.05) is 17.8 Å². The average Bonchev–Trinajstić information content (AvgIpc) is 3.02. The number of nitrogens with one attached hydrogen (secondary N) is 1. The van der Waals surface area contributed by atoms with E-state index in [0.29, 0.717) is 6.04 Å². The van der Waals surface area contributed by atoms with Gasteiger partial charge in [0.25, 0.3) is 0 Å². The maximum Gasteiger partial charge on any atom is 0.165 e. The van der Waals surface area contributed by atoms with E-state index >= 15 is 0 Å². The Balaban J connectivity index is 1.69. The van der Waals surface area contributed by atoms with Gasteiger partial charge < -0.3 is 5.32 Å². The summed E-state index contributed by atoms with van der Waals surface area (Å²) < 4.78 is 15.0. The van der Waals surface area contributed by atoms with Crippen molar-refractivity contribution in [3.63, 3.8) is 0 Å². The summed E-state index contributed by atoms with van der Waals surface area (Å²) in [6, 6.07) is 8.91. The SMILES string of the molecule is Fc1ccc(-c2cnn3c(NC4CCCCC4)ccnc23)cc1. The first-order valence-electron chi connectivity index (χ1n) is 8.16. The lowest BCUT2D eigenvalue weighted by Crippen LogP contribution is -2.23. The smallest absolute Gasteiger partial charge is 0.165 e. The molecule has 1 aliphatic carbocycles. The molecule has 0 unspecified atom stereocenters. The molecule has 4 rings (SSSR count). The minimum Gasteiger partial charge on any atom is -0.367 e. The summed E-state index contributed by atoms with van der Waals surface area (Å²) in [6.07, 6.45) is 9.90. The summed E-state index contributed by atoms with van der Waals surface area (Å²) >= 11 is 0. The highest BCUT2D eigenvalue weighted by molar-refractivity contribution is 5.77. The second kappa shape index (κ2) is 5.99. The molecule has 0 bridgehead atoms. The number of hydrogen-bond donors (Lipinski definition) is 1. The number of nitrogens with zero attached hydrogens (tertiary/aromatic N) is 3. The van der Waals surface area contributed by atoms with Crippen molar-refractivity contribution >= 4 is 11.5 Å². The second-order valence-corrected chi connectivity index (χ2v) is 6.11. The molecule has 2 heterocycles. The third kappa shape index (κ3) is 2.79. The van der Waals surface area contributed by atoms with E-state index in [1.165, 1.54) is 44.2 Å². The van der Waals surface area contributed by atoms with Crippen LogP contribution in [-0.4, -0.2) is 20.6 Å². The number of hydrogen-bond acceptors (Lipinski definition) is 3. The molecule has 0 saturated heterocycles. The average molecular weight is 310 g/mol. The molecule has 0 radical (unpaired) electrons. The van der Waals surface area contributed by atoms with Gasteiger partial charge in [-0.25, -0.2) is 9.37 Å². The van der Waals surface area contributed by atoms with Gasteiger partial charge in [-0.2, -0.15) is 9.61 Å². The van der Waals surface area contributed by atoms with Crippen molar-refractivity contribution in [2.75, 3.05) is 5.32 Å². The van der Waals surface area contributed by atoms with Crippen LogP contribution in [0.2, 0.25) is 0 Å². The van der Waals surface area contributed by atoms with E-state index in [2.05, 4.69) is 15.4 Å². The van der Waals surface area contributed by atoms with E-state index in [1.807, 2.05) is 10.6 Å². The Bertz CT molecular complexity index is 804. The van der Waals surface area contributed by atoms with Gasteiger partial charge in [-0.1, -0.05) is 31.4 Å². The summed E-state index contributed by atoms with van der Waals surface area (Å²) in [5.41, 5.74) is 2.62. The van der Waals surface area contributed by atoms with Crippen molar-refractivity contribution in [3.05, 3.63) is 48.5 Å².